The zero-order valence-electron chi connectivity index (χ0n) is 15.6. The average molecular weight is 359 g/mol. The van der Waals surface area contributed by atoms with Crippen LogP contribution in [0.15, 0.2) is 54.9 Å². The van der Waals surface area contributed by atoms with E-state index < -0.39 is 0 Å². The van der Waals surface area contributed by atoms with E-state index in [0.29, 0.717) is 12.0 Å². The highest BCUT2D eigenvalue weighted by molar-refractivity contribution is 5.94. The highest BCUT2D eigenvalue weighted by Crippen LogP contribution is 2.36. The smallest absolute Gasteiger partial charge is 0.254 e. The summed E-state index contributed by atoms with van der Waals surface area (Å²) in [6.07, 6.45) is 9.34. The van der Waals surface area contributed by atoms with Crippen LogP contribution in [0.4, 0.5) is 0 Å². The third-order valence-corrected chi connectivity index (χ3v) is 6.35. The Bertz CT molecular complexity index is 957. The molecule has 1 saturated carbocycles. The number of amides is 1. The Labute approximate surface area is 159 Å². The van der Waals surface area contributed by atoms with Crippen LogP contribution in [0.25, 0.3) is 16.7 Å². The predicted molar refractivity (Wildman–Crippen MR) is 107 cm³/mol. The van der Waals surface area contributed by atoms with Crippen molar-refractivity contribution >= 4 is 16.9 Å². The molecule has 3 aromatic rings. The summed E-state index contributed by atoms with van der Waals surface area (Å²) in [5, 5.41) is 0. The minimum absolute atomic E-state index is 0.202. The number of para-hydroxylation sites is 2. The van der Waals surface area contributed by atoms with Crippen molar-refractivity contribution in [3.63, 3.8) is 0 Å². The highest BCUT2D eigenvalue weighted by atomic mass is 16.2. The Morgan fingerprint density at radius 2 is 1.70 bits per heavy atom. The van der Waals surface area contributed by atoms with Crippen LogP contribution in [0.5, 0.6) is 0 Å². The van der Waals surface area contributed by atoms with Gasteiger partial charge in [-0.25, -0.2) is 4.98 Å². The Hall–Kier alpha value is -2.62. The fraction of sp³-hybridized carbons (Fsp3) is 0.391. The van der Waals surface area contributed by atoms with E-state index in [1.54, 1.807) is 0 Å². The lowest BCUT2D eigenvalue weighted by Gasteiger charge is -2.44. The minimum atomic E-state index is 0.202. The van der Waals surface area contributed by atoms with E-state index in [-0.39, 0.29) is 5.91 Å². The molecular formula is C23H25N3O. The summed E-state index contributed by atoms with van der Waals surface area (Å²) in [6.45, 7) is 0.911. The van der Waals surface area contributed by atoms with Gasteiger partial charge in [-0.05, 0) is 68.0 Å². The van der Waals surface area contributed by atoms with Gasteiger partial charge in [0.25, 0.3) is 5.91 Å². The van der Waals surface area contributed by atoms with E-state index in [1.165, 1.54) is 32.1 Å². The van der Waals surface area contributed by atoms with Crippen LogP contribution in [-0.2, 0) is 0 Å². The van der Waals surface area contributed by atoms with Crippen LogP contribution in [0.3, 0.4) is 0 Å². The van der Waals surface area contributed by atoms with Crippen LogP contribution >= 0.6 is 0 Å². The largest absolute Gasteiger partial charge is 0.335 e. The Morgan fingerprint density at radius 1 is 0.926 bits per heavy atom. The lowest BCUT2D eigenvalue weighted by molar-refractivity contribution is 0.0390. The predicted octanol–water partition coefficient (Wildman–Crippen LogP) is 4.82. The maximum atomic E-state index is 13.2. The first kappa shape index (κ1) is 16.5. The molecule has 27 heavy (non-hydrogen) atoms. The quantitative estimate of drug-likeness (QED) is 0.658. The van der Waals surface area contributed by atoms with Gasteiger partial charge in [-0.1, -0.05) is 25.0 Å². The topological polar surface area (TPSA) is 38.1 Å². The zero-order valence-corrected chi connectivity index (χ0v) is 15.6. The molecule has 2 aromatic carbocycles. The van der Waals surface area contributed by atoms with Crippen molar-refractivity contribution in [3.8, 4) is 5.69 Å². The van der Waals surface area contributed by atoms with Gasteiger partial charge >= 0.3 is 0 Å². The monoisotopic (exact) mass is 359 g/mol. The van der Waals surface area contributed by atoms with E-state index in [0.717, 1.165) is 35.2 Å². The summed E-state index contributed by atoms with van der Waals surface area (Å²) in [4.78, 5) is 19.8. The fourth-order valence-electron chi connectivity index (χ4n) is 4.97. The number of nitrogens with zero attached hydrogens (tertiary/aromatic N) is 3. The average Bonchev–Trinajstić information content (AvgIpc) is 3.17. The van der Waals surface area contributed by atoms with Gasteiger partial charge < -0.3 is 4.90 Å². The summed E-state index contributed by atoms with van der Waals surface area (Å²) in [5.41, 5.74) is 3.90. The molecule has 2 atom stereocenters. The molecule has 1 aromatic heterocycles. The minimum Gasteiger partial charge on any atom is -0.335 e. The maximum Gasteiger partial charge on any atom is 0.254 e. The Morgan fingerprint density at radius 3 is 2.59 bits per heavy atom. The molecular weight excluding hydrogens is 334 g/mol. The summed E-state index contributed by atoms with van der Waals surface area (Å²) >= 11 is 0. The second-order valence-corrected chi connectivity index (χ2v) is 7.90. The molecule has 0 N–H and O–H groups in total. The van der Waals surface area contributed by atoms with Crippen LogP contribution in [0, 0.1) is 5.92 Å². The number of imidazole rings is 1. The van der Waals surface area contributed by atoms with E-state index in [9.17, 15) is 4.79 Å². The number of likely N-dealkylation sites (tertiary alicyclic amines) is 1. The number of rotatable bonds is 2. The van der Waals surface area contributed by atoms with Crippen molar-refractivity contribution in [1.82, 2.24) is 14.5 Å². The molecule has 2 aliphatic rings. The number of carbonyl (C=O) groups excluding carboxylic acids is 1. The normalized spacial score (nSPS) is 22.6. The van der Waals surface area contributed by atoms with Gasteiger partial charge in [-0.2, -0.15) is 0 Å². The Kier molecular flexibility index (Phi) is 4.19. The number of hydrogen-bond acceptors (Lipinski definition) is 2. The molecule has 0 spiro atoms. The molecule has 138 valence electrons. The lowest BCUT2D eigenvalue weighted by atomic mass is 9.78. The second kappa shape index (κ2) is 6.84. The van der Waals surface area contributed by atoms with Crippen LogP contribution in [0.1, 0.15) is 48.9 Å². The fourth-order valence-corrected chi connectivity index (χ4v) is 4.97. The molecule has 0 radical (unpaired) electrons. The first-order valence-electron chi connectivity index (χ1n) is 10.1. The van der Waals surface area contributed by atoms with E-state index in [2.05, 4.69) is 20.5 Å². The molecule has 1 aliphatic carbocycles. The number of aromatic nitrogens is 2. The molecule has 2 heterocycles. The first-order valence-corrected chi connectivity index (χ1v) is 10.1. The van der Waals surface area contributed by atoms with Crippen LogP contribution in [0.2, 0.25) is 0 Å². The van der Waals surface area contributed by atoms with Crippen molar-refractivity contribution in [3.05, 3.63) is 60.4 Å². The van der Waals surface area contributed by atoms with Crippen molar-refractivity contribution in [2.45, 2.75) is 44.6 Å². The molecule has 4 heteroatoms. The van der Waals surface area contributed by atoms with Crippen molar-refractivity contribution in [2.75, 3.05) is 6.54 Å². The SMILES string of the molecule is O=C(c1ccc(-n2cnc3ccccc32)cc1)N1CCC[C@@H]2CCCC[C@@H]21. The number of piperidine rings is 1. The second-order valence-electron chi connectivity index (χ2n) is 7.90. The molecule has 1 saturated heterocycles. The van der Waals surface area contributed by atoms with Crippen molar-refractivity contribution < 1.29 is 4.79 Å². The highest BCUT2D eigenvalue weighted by Gasteiger charge is 2.35. The van der Waals surface area contributed by atoms with Gasteiger partial charge in [0.05, 0.1) is 11.0 Å². The third-order valence-electron chi connectivity index (χ3n) is 6.35. The van der Waals surface area contributed by atoms with Gasteiger partial charge in [-0.3, -0.25) is 9.36 Å². The van der Waals surface area contributed by atoms with Gasteiger partial charge in [0.15, 0.2) is 0 Å². The molecule has 2 fully saturated rings. The van der Waals surface area contributed by atoms with E-state index in [4.69, 9.17) is 0 Å². The lowest BCUT2D eigenvalue weighted by Crippen LogP contribution is -2.49. The first-order chi connectivity index (χ1) is 13.3. The van der Waals surface area contributed by atoms with Crippen LogP contribution in [-0.4, -0.2) is 32.9 Å². The summed E-state index contributed by atoms with van der Waals surface area (Å²) < 4.78 is 2.07. The third kappa shape index (κ3) is 2.93. The van der Waals surface area contributed by atoms with Crippen molar-refractivity contribution in [1.29, 1.82) is 0 Å². The number of benzene rings is 2. The summed E-state index contributed by atoms with van der Waals surface area (Å²) in [5.74, 6) is 0.918. The van der Waals surface area contributed by atoms with E-state index in [1.807, 2.05) is 48.8 Å². The number of fused-ring (bicyclic) bond motifs is 2. The molecule has 1 aliphatic heterocycles. The molecule has 0 unspecified atom stereocenters. The maximum absolute atomic E-state index is 13.2. The summed E-state index contributed by atoms with van der Waals surface area (Å²) in [7, 11) is 0. The molecule has 0 bridgehead atoms. The molecule has 1 amide bonds. The van der Waals surface area contributed by atoms with Gasteiger partial charge in [0, 0.05) is 23.8 Å². The summed E-state index contributed by atoms with van der Waals surface area (Å²) in [6, 6.07) is 16.6. The van der Waals surface area contributed by atoms with Gasteiger partial charge in [0.2, 0.25) is 0 Å². The van der Waals surface area contributed by atoms with Crippen LogP contribution < -0.4 is 0 Å². The number of carbonyl (C=O) groups is 1. The standard InChI is InChI=1S/C23H25N3O/c27-23(25-15-5-7-17-6-1-3-9-21(17)25)18-11-13-19(14-12-18)26-16-24-20-8-2-4-10-22(20)26/h2,4,8,10-14,16-17,21H,1,3,5-7,9,15H2/t17-,21-/m0/s1. The molecule has 5 rings (SSSR count). The van der Waals surface area contributed by atoms with Gasteiger partial charge in [0.1, 0.15) is 6.33 Å². The van der Waals surface area contributed by atoms with E-state index >= 15 is 0 Å². The van der Waals surface area contributed by atoms with Crippen molar-refractivity contribution in [2.24, 2.45) is 5.92 Å². The number of hydrogen-bond donors (Lipinski definition) is 0. The Balaban J connectivity index is 1.40. The van der Waals surface area contributed by atoms with Gasteiger partial charge in [-0.15, -0.1) is 0 Å². The molecule has 4 nitrogen and oxygen atoms in total. The zero-order chi connectivity index (χ0) is 18.2.